The molecule has 1 aliphatic carbocycles. The summed E-state index contributed by atoms with van der Waals surface area (Å²) in [7, 11) is 0. The van der Waals surface area contributed by atoms with Gasteiger partial charge in [-0.3, -0.25) is 9.69 Å². The van der Waals surface area contributed by atoms with E-state index in [4.69, 9.17) is 9.84 Å². The largest absolute Gasteiger partial charge is 0.481 e. The molecule has 108 valence electrons. The number of aliphatic carboxylic acids is 1. The van der Waals surface area contributed by atoms with Gasteiger partial charge < -0.3 is 9.84 Å². The first-order valence-corrected chi connectivity index (χ1v) is 7.35. The fraction of sp³-hybridized carbons (Fsp3) is 0.562. The average molecular weight is 275 g/mol. The minimum Gasteiger partial charge on any atom is -0.481 e. The number of morpholine rings is 1. The van der Waals surface area contributed by atoms with Gasteiger partial charge in [0.05, 0.1) is 19.6 Å². The quantitative estimate of drug-likeness (QED) is 0.895. The van der Waals surface area contributed by atoms with Gasteiger partial charge in [0, 0.05) is 19.1 Å². The Morgan fingerprint density at radius 1 is 1.35 bits per heavy atom. The van der Waals surface area contributed by atoms with Crippen LogP contribution in [0.2, 0.25) is 0 Å². The predicted molar refractivity (Wildman–Crippen MR) is 75.7 cm³/mol. The molecule has 20 heavy (non-hydrogen) atoms. The Labute approximate surface area is 119 Å². The summed E-state index contributed by atoms with van der Waals surface area (Å²) in [6.45, 7) is 2.88. The van der Waals surface area contributed by atoms with E-state index in [9.17, 15) is 4.79 Å². The normalized spacial score (nSPS) is 23.7. The molecule has 1 saturated carbocycles. The summed E-state index contributed by atoms with van der Waals surface area (Å²) in [6.07, 6.45) is 2.74. The Bertz CT molecular complexity index is 484. The minimum atomic E-state index is -0.749. The standard InChI is InChI=1S/C16H21NO3/c18-16(19)9-14-11-20-8-7-17(14)10-13-3-1-2-4-15(13)12-5-6-12/h1-4,12,14H,5-11H2,(H,18,19). The van der Waals surface area contributed by atoms with Crippen molar-refractivity contribution >= 4 is 5.97 Å². The summed E-state index contributed by atoms with van der Waals surface area (Å²) in [6, 6.07) is 8.58. The topological polar surface area (TPSA) is 49.8 Å². The maximum absolute atomic E-state index is 11.0. The third-order valence-electron chi connectivity index (χ3n) is 4.21. The smallest absolute Gasteiger partial charge is 0.305 e. The molecule has 1 aromatic carbocycles. The second-order valence-corrected chi connectivity index (χ2v) is 5.77. The van der Waals surface area contributed by atoms with E-state index in [-0.39, 0.29) is 12.5 Å². The van der Waals surface area contributed by atoms with Gasteiger partial charge in [0.2, 0.25) is 0 Å². The van der Waals surface area contributed by atoms with Crippen molar-refractivity contribution in [3.63, 3.8) is 0 Å². The maximum Gasteiger partial charge on any atom is 0.305 e. The number of ether oxygens (including phenoxy) is 1. The Morgan fingerprint density at radius 3 is 2.90 bits per heavy atom. The van der Waals surface area contributed by atoms with Gasteiger partial charge in [-0.15, -0.1) is 0 Å². The van der Waals surface area contributed by atoms with Gasteiger partial charge >= 0.3 is 5.97 Å². The lowest BCUT2D eigenvalue weighted by Gasteiger charge is -2.35. The van der Waals surface area contributed by atoms with Gasteiger partial charge in [0.25, 0.3) is 0 Å². The molecule has 1 N–H and O–H groups in total. The highest BCUT2D eigenvalue weighted by atomic mass is 16.5. The highest BCUT2D eigenvalue weighted by Gasteiger charge is 2.29. The van der Waals surface area contributed by atoms with Crippen LogP contribution in [0.4, 0.5) is 0 Å². The number of hydrogen-bond acceptors (Lipinski definition) is 3. The van der Waals surface area contributed by atoms with Crippen molar-refractivity contribution in [1.29, 1.82) is 0 Å². The van der Waals surface area contributed by atoms with Gasteiger partial charge in [-0.25, -0.2) is 0 Å². The fourth-order valence-electron chi connectivity index (χ4n) is 2.98. The van der Waals surface area contributed by atoms with Crippen LogP contribution in [0.5, 0.6) is 0 Å². The molecular formula is C16H21NO3. The van der Waals surface area contributed by atoms with Crippen molar-refractivity contribution in [3.8, 4) is 0 Å². The maximum atomic E-state index is 11.0. The summed E-state index contributed by atoms with van der Waals surface area (Å²) in [5, 5.41) is 9.02. The molecular weight excluding hydrogens is 254 g/mol. The van der Waals surface area contributed by atoms with Crippen LogP contribution >= 0.6 is 0 Å². The average Bonchev–Trinajstić information content (AvgIpc) is 3.25. The van der Waals surface area contributed by atoms with Crippen molar-refractivity contribution in [2.45, 2.75) is 37.8 Å². The van der Waals surface area contributed by atoms with Crippen molar-refractivity contribution in [2.24, 2.45) is 0 Å². The summed E-state index contributed by atoms with van der Waals surface area (Å²) in [4.78, 5) is 13.2. The Morgan fingerprint density at radius 2 is 2.15 bits per heavy atom. The number of carboxylic acids is 1. The number of rotatable bonds is 5. The Balaban J connectivity index is 1.73. The van der Waals surface area contributed by atoms with E-state index in [0.29, 0.717) is 13.2 Å². The van der Waals surface area contributed by atoms with E-state index < -0.39 is 5.97 Å². The van der Waals surface area contributed by atoms with Crippen LogP contribution in [-0.2, 0) is 16.1 Å². The van der Waals surface area contributed by atoms with E-state index in [1.54, 1.807) is 0 Å². The van der Waals surface area contributed by atoms with Crippen LogP contribution in [-0.4, -0.2) is 41.8 Å². The van der Waals surface area contributed by atoms with Crippen molar-refractivity contribution in [1.82, 2.24) is 4.90 Å². The highest BCUT2D eigenvalue weighted by Crippen LogP contribution is 2.41. The van der Waals surface area contributed by atoms with Crippen molar-refractivity contribution in [2.75, 3.05) is 19.8 Å². The van der Waals surface area contributed by atoms with E-state index in [1.807, 2.05) is 0 Å². The zero-order chi connectivity index (χ0) is 13.9. The van der Waals surface area contributed by atoms with E-state index in [1.165, 1.54) is 24.0 Å². The van der Waals surface area contributed by atoms with Crippen LogP contribution in [0.25, 0.3) is 0 Å². The molecule has 0 amide bonds. The van der Waals surface area contributed by atoms with E-state index in [0.717, 1.165) is 19.0 Å². The molecule has 1 atom stereocenters. The second kappa shape index (κ2) is 5.94. The molecule has 1 saturated heterocycles. The SMILES string of the molecule is O=C(O)CC1COCCN1Cc1ccccc1C1CC1. The van der Waals surface area contributed by atoms with Crippen molar-refractivity contribution in [3.05, 3.63) is 35.4 Å². The lowest BCUT2D eigenvalue weighted by Crippen LogP contribution is -2.46. The first-order valence-electron chi connectivity index (χ1n) is 7.35. The molecule has 1 heterocycles. The molecule has 0 radical (unpaired) electrons. The predicted octanol–water partition coefficient (Wildman–Crippen LogP) is 2.24. The van der Waals surface area contributed by atoms with Crippen LogP contribution in [0, 0.1) is 0 Å². The van der Waals surface area contributed by atoms with Gasteiger partial charge in [-0.1, -0.05) is 24.3 Å². The first-order chi connectivity index (χ1) is 9.74. The number of nitrogens with zero attached hydrogens (tertiary/aromatic N) is 1. The molecule has 4 heteroatoms. The number of carbonyl (C=O) groups is 1. The van der Waals surface area contributed by atoms with Crippen LogP contribution in [0.1, 0.15) is 36.3 Å². The van der Waals surface area contributed by atoms with Gasteiger partial charge in [0.15, 0.2) is 0 Å². The third-order valence-corrected chi connectivity index (χ3v) is 4.21. The van der Waals surface area contributed by atoms with E-state index in [2.05, 4.69) is 29.2 Å². The number of hydrogen-bond donors (Lipinski definition) is 1. The van der Waals surface area contributed by atoms with E-state index >= 15 is 0 Å². The van der Waals surface area contributed by atoms with Crippen LogP contribution < -0.4 is 0 Å². The zero-order valence-electron chi connectivity index (χ0n) is 11.6. The Hall–Kier alpha value is -1.39. The summed E-state index contributed by atoms with van der Waals surface area (Å²) in [5.41, 5.74) is 2.81. The molecule has 1 unspecified atom stereocenters. The van der Waals surface area contributed by atoms with Gasteiger partial charge in [-0.05, 0) is 29.9 Å². The highest BCUT2D eigenvalue weighted by molar-refractivity contribution is 5.67. The van der Waals surface area contributed by atoms with Gasteiger partial charge in [-0.2, -0.15) is 0 Å². The molecule has 0 spiro atoms. The van der Waals surface area contributed by atoms with Crippen molar-refractivity contribution < 1.29 is 14.6 Å². The summed E-state index contributed by atoms with van der Waals surface area (Å²) < 4.78 is 5.44. The monoisotopic (exact) mass is 275 g/mol. The molecule has 2 fully saturated rings. The summed E-state index contributed by atoms with van der Waals surface area (Å²) in [5.74, 6) is -0.0221. The molecule has 4 nitrogen and oxygen atoms in total. The second-order valence-electron chi connectivity index (χ2n) is 5.77. The zero-order valence-corrected chi connectivity index (χ0v) is 11.6. The van der Waals surface area contributed by atoms with Crippen LogP contribution in [0.3, 0.4) is 0 Å². The molecule has 2 aliphatic rings. The van der Waals surface area contributed by atoms with Gasteiger partial charge in [0.1, 0.15) is 0 Å². The lowest BCUT2D eigenvalue weighted by atomic mass is 10.0. The molecule has 0 bridgehead atoms. The fourth-order valence-corrected chi connectivity index (χ4v) is 2.98. The third kappa shape index (κ3) is 3.19. The number of benzene rings is 1. The molecule has 0 aromatic heterocycles. The van der Waals surface area contributed by atoms with Crippen LogP contribution in [0.15, 0.2) is 24.3 Å². The molecule has 1 aliphatic heterocycles. The lowest BCUT2D eigenvalue weighted by molar-refractivity contribution is -0.140. The molecule has 3 rings (SSSR count). The first kappa shape index (κ1) is 13.6. The Kier molecular flexibility index (Phi) is 4.03. The molecule has 1 aromatic rings. The minimum absolute atomic E-state index is 0.00601. The summed E-state index contributed by atoms with van der Waals surface area (Å²) >= 11 is 0. The number of carboxylic acid groups (broad SMARTS) is 1.